The van der Waals surface area contributed by atoms with Crippen molar-refractivity contribution in [2.45, 2.75) is 38.8 Å². The fourth-order valence-electron chi connectivity index (χ4n) is 3.23. The molecule has 1 aliphatic rings. The van der Waals surface area contributed by atoms with E-state index in [-0.39, 0.29) is 11.9 Å². The van der Waals surface area contributed by atoms with Gasteiger partial charge in [-0.05, 0) is 56.5 Å². The van der Waals surface area contributed by atoms with Crippen LogP contribution in [0.1, 0.15) is 39.7 Å². The van der Waals surface area contributed by atoms with E-state index >= 15 is 0 Å². The maximum Gasteiger partial charge on any atom is 0.251 e. The number of fused-ring (bicyclic) bond motifs is 1. The van der Waals surface area contributed by atoms with Crippen LogP contribution in [0.3, 0.4) is 0 Å². The maximum atomic E-state index is 12.7. The summed E-state index contributed by atoms with van der Waals surface area (Å²) in [4.78, 5) is 27.6. The number of amides is 2. The van der Waals surface area contributed by atoms with Gasteiger partial charge in [0.05, 0.1) is 11.6 Å². The average molecular weight is 392 g/mol. The molecule has 7 heteroatoms. The molecule has 26 heavy (non-hydrogen) atoms. The van der Waals surface area contributed by atoms with Crippen molar-refractivity contribution < 1.29 is 9.59 Å². The molecule has 2 aromatic rings. The van der Waals surface area contributed by atoms with Crippen LogP contribution in [0.25, 0.3) is 0 Å². The molecule has 0 saturated carbocycles. The molecule has 1 atom stereocenters. The summed E-state index contributed by atoms with van der Waals surface area (Å²) in [5.41, 5.74) is 8.09. The molecule has 5 nitrogen and oxygen atoms in total. The summed E-state index contributed by atoms with van der Waals surface area (Å²) in [7, 11) is 1.88. The zero-order valence-electron chi connectivity index (χ0n) is 14.8. The van der Waals surface area contributed by atoms with Crippen LogP contribution in [-0.2, 0) is 24.2 Å². The van der Waals surface area contributed by atoms with E-state index in [0.717, 1.165) is 35.3 Å². The lowest BCUT2D eigenvalue weighted by atomic mass is 10.1. The number of halogens is 1. The Balaban J connectivity index is 1.70. The van der Waals surface area contributed by atoms with Crippen LogP contribution in [-0.4, -0.2) is 29.8 Å². The number of carbonyl (C=O) groups excluding carboxylic acids is 2. The second-order valence-electron chi connectivity index (χ2n) is 6.64. The molecule has 0 fully saturated rings. The lowest BCUT2D eigenvalue weighted by molar-refractivity contribution is -0.120. The number of aryl methyl sites for hydroxylation is 1. The van der Waals surface area contributed by atoms with E-state index in [2.05, 4.69) is 5.32 Å². The highest BCUT2D eigenvalue weighted by Crippen LogP contribution is 2.38. The van der Waals surface area contributed by atoms with Gasteiger partial charge in [-0.2, -0.15) is 0 Å². The third-order valence-electron chi connectivity index (χ3n) is 4.77. The molecule has 3 rings (SSSR count). The van der Waals surface area contributed by atoms with E-state index < -0.39 is 5.91 Å². The average Bonchev–Trinajstić information content (AvgIpc) is 3.14. The van der Waals surface area contributed by atoms with Gasteiger partial charge in [-0.25, -0.2) is 0 Å². The van der Waals surface area contributed by atoms with Crippen LogP contribution in [0.15, 0.2) is 24.3 Å². The number of hydrogen-bond donors (Lipinski definition) is 2. The highest BCUT2D eigenvalue weighted by molar-refractivity contribution is 7.17. The quantitative estimate of drug-likeness (QED) is 0.791. The summed E-state index contributed by atoms with van der Waals surface area (Å²) in [6.07, 6.45) is 2.83. The maximum absolute atomic E-state index is 12.7. The SMILES string of the molecule is CC(C(=O)Nc1sc2c(c1C(N)=O)CCC2)N(C)Cc1cccc(Cl)c1. The van der Waals surface area contributed by atoms with Gasteiger partial charge < -0.3 is 11.1 Å². The number of primary amides is 1. The molecule has 2 amide bonds. The molecule has 0 bridgehead atoms. The molecule has 0 spiro atoms. The van der Waals surface area contributed by atoms with E-state index in [9.17, 15) is 9.59 Å². The normalized spacial score (nSPS) is 14.3. The number of nitrogens with two attached hydrogens (primary N) is 1. The summed E-state index contributed by atoms with van der Waals surface area (Å²) >= 11 is 7.49. The number of likely N-dealkylation sites (N-methyl/N-ethyl adjacent to an activating group) is 1. The minimum absolute atomic E-state index is 0.156. The Bertz CT molecular complexity index is 849. The predicted octanol–water partition coefficient (Wildman–Crippen LogP) is 3.45. The van der Waals surface area contributed by atoms with Crippen molar-refractivity contribution in [3.63, 3.8) is 0 Å². The molecule has 1 aromatic carbocycles. The number of benzene rings is 1. The van der Waals surface area contributed by atoms with Gasteiger partial charge in [0.1, 0.15) is 5.00 Å². The Morgan fingerprint density at radius 2 is 2.15 bits per heavy atom. The van der Waals surface area contributed by atoms with Crippen molar-refractivity contribution in [2.75, 3.05) is 12.4 Å². The zero-order chi connectivity index (χ0) is 18.8. The van der Waals surface area contributed by atoms with Crippen LogP contribution in [0.4, 0.5) is 5.00 Å². The van der Waals surface area contributed by atoms with Gasteiger partial charge in [0.25, 0.3) is 5.91 Å². The van der Waals surface area contributed by atoms with E-state index in [0.29, 0.717) is 22.1 Å². The van der Waals surface area contributed by atoms with E-state index in [1.165, 1.54) is 11.3 Å². The lowest BCUT2D eigenvalue weighted by Crippen LogP contribution is -2.39. The van der Waals surface area contributed by atoms with Crippen LogP contribution >= 0.6 is 22.9 Å². The predicted molar refractivity (Wildman–Crippen MR) is 106 cm³/mol. The molecule has 1 unspecified atom stereocenters. The van der Waals surface area contributed by atoms with Crippen LogP contribution < -0.4 is 11.1 Å². The summed E-state index contributed by atoms with van der Waals surface area (Å²) in [5.74, 6) is -0.628. The number of hydrogen-bond acceptors (Lipinski definition) is 4. The Hall–Kier alpha value is -1.89. The second kappa shape index (κ2) is 7.78. The summed E-state index contributed by atoms with van der Waals surface area (Å²) in [6.45, 7) is 2.43. The molecule has 1 aliphatic carbocycles. The number of carbonyl (C=O) groups is 2. The van der Waals surface area contributed by atoms with Gasteiger partial charge in [-0.1, -0.05) is 23.7 Å². The van der Waals surface area contributed by atoms with Crippen molar-refractivity contribution >= 4 is 39.8 Å². The Kier molecular flexibility index (Phi) is 5.65. The largest absolute Gasteiger partial charge is 0.365 e. The minimum Gasteiger partial charge on any atom is -0.365 e. The van der Waals surface area contributed by atoms with Crippen molar-refractivity contribution in [1.29, 1.82) is 0 Å². The van der Waals surface area contributed by atoms with E-state index in [1.54, 1.807) is 0 Å². The van der Waals surface area contributed by atoms with Gasteiger partial charge in [0.2, 0.25) is 5.91 Å². The summed E-state index contributed by atoms with van der Waals surface area (Å²) < 4.78 is 0. The first kappa shape index (κ1) is 18.9. The number of nitrogens with one attached hydrogen (secondary N) is 1. The molecular weight excluding hydrogens is 370 g/mol. The zero-order valence-corrected chi connectivity index (χ0v) is 16.4. The highest BCUT2D eigenvalue weighted by atomic mass is 35.5. The molecular formula is C19H22ClN3O2S. The third-order valence-corrected chi connectivity index (χ3v) is 6.21. The molecule has 0 saturated heterocycles. The Morgan fingerprint density at radius 1 is 1.38 bits per heavy atom. The van der Waals surface area contributed by atoms with Gasteiger partial charge in [0.15, 0.2) is 0 Å². The first-order chi connectivity index (χ1) is 12.4. The van der Waals surface area contributed by atoms with Gasteiger partial charge in [0, 0.05) is 16.4 Å². The monoisotopic (exact) mass is 391 g/mol. The van der Waals surface area contributed by atoms with Gasteiger partial charge >= 0.3 is 0 Å². The molecule has 0 aliphatic heterocycles. The van der Waals surface area contributed by atoms with Crippen molar-refractivity contribution in [1.82, 2.24) is 4.90 Å². The molecule has 1 heterocycles. The first-order valence-electron chi connectivity index (χ1n) is 8.56. The van der Waals surface area contributed by atoms with Gasteiger partial charge in [-0.3, -0.25) is 14.5 Å². The Labute approximate surface area is 162 Å². The topological polar surface area (TPSA) is 75.4 Å². The molecule has 1 aromatic heterocycles. The highest BCUT2D eigenvalue weighted by Gasteiger charge is 2.27. The third kappa shape index (κ3) is 3.92. The Morgan fingerprint density at radius 3 is 2.85 bits per heavy atom. The number of thiophene rings is 1. The number of rotatable bonds is 6. The second-order valence-corrected chi connectivity index (χ2v) is 8.18. The van der Waals surface area contributed by atoms with Crippen molar-refractivity contribution in [3.05, 3.63) is 50.9 Å². The number of nitrogens with zero attached hydrogens (tertiary/aromatic N) is 1. The van der Waals surface area contributed by atoms with Crippen LogP contribution in [0.2, 0.25) is 5.02 Å². The minimum atomic E-state index is -0.473. The lowest BCUT2D eigenvalue weighted by Gasteiger charge is -2.24. The standard InChI is InChI=1S/C19H22ClN3O2S/c1-11(23(2)10-12-5-3-6-13(20)9-12)18(25)22-19-16(17(21)24)14-7-4-8-15(14)26-19/h3,5-6,9,11H,4,7-8,10H2,1-2H3,(H2,21,24)(H,22,25). The molecule has 3 N–H and O–H groups in total. The fraction of sp³-hybridized carbons (Fsp3) is 0.368. The van der Waals surface area contributed by atoms with E-state index in [1.807, 2.05) is 43.1 Å². The molecule has 138 valence electrons. The number of anilines is 1. The van der Waals surface area contributed by atoms with Crippen LogP contribution in [0, 0.1) is 0 Å². The summed E-state index contributed by atoms with van der Waals surface area (Å²) in [5, 5.41) is 4.16. The van der Waals surface area contributed by atoms with Crippen LogP contribution in [0.5, 0.6) is 0 Å². The van der Waals surface area contributed by atoms with E-state index in [4.69, 9.17) is 17.3 Å². The summed E-state index contributed by atoms with van der Waals surface area (Å²) in [6, 6.07) is 7.21. The smallest absolute Gasteiger partial charge is 0.251 e. The fourth-order valence-corrected chi connectivity index (χ4v) is 4.74. The molecule has 0 radical (unpaired) electrons. The van der Waals surface area contributed by atoms with Gasteiger partial charge in [-0.15, -0.1) is 11.3 Å². The van der Waals surface area contributed by atoms with Crippen molar-refractivity contribution in [3.8, 4) is 0 Å². The van der Waals surface area contributed by atoms with Crippen molar-refractivity contribution in [2.24, 2.45) is 5.73 Å². The first-order valence-corrected chi connectivity index (χ1v) is 9.76.